The smallest absolute Gasteiger partial charge is 0.232 e. The van der Waals surface area contributed by atoms with E-state index in [1.165, 1.54) is 6.20 Å². The number of anilines is 2. The van der Waals surface area contributed by atoms with Gasteiger partial charge in [0.25, 0.3) is 0 Å². The first-order chi connectivity index (χ1) is 12.0. The fourth-order valence-electron chi connectivity index (χ4n) is 2.18. The van der Waals surface area contributed by atoms with Crippen LogP contribution >= 0.6 is 0 Å². The summed E-state index contributed by atoms with van der Waals surface area (Å²) in [5, 5.41) is 3.20. The van der Waals surface area contributed by atoms with Gasteiger partial charge in [-0.3, -0.25) is 4.72 Å². The third kappa shape index (κ3) is 5.53. The van der Waals surface area contributed by atoms with Crippen LogP contribution in [0.15, 0.2) is 36.5 Å². The van der Waals surface area contributed by atoms with Gasteiger partial charge in [-0.15, -0.1) is 0 Å². The number of ether oxygens (including phenoxy) is 2. The summed E-state index contributed by atoms with van der Waals surface area (Å²) < 4.78 is 36.0. The molecule has 1 aromatic heterocycles. The molecule has 0 fully saturated rings. The van der Waals surface area contributed by atoms with Crippen LogP contribution in [0.4, 0.5) is 11.5 Å². The molecule has 2 rings (SSSR count). The number of hydrogen-bond donors (Lipinski definition) is 2. The lowest BCUT2D eigenvalue weighted by molar-refractivity contribution is 0.354. The van der Waals surface area contributed by atoms with Crippen LogP contribution in [-0.4, -0.2) is 39.9 Å². The molecule has 0 saturated carbocycles. The molecule has 25 heavy (non-hydrogen) atoms. The first-order valence-electron chi connectivity index (χ1n) is 7.88. The normalized spacial score (nSPS) is 11.0. The summed E-state index contributed by atoms with van der Waals surface area (Å²) in [5.41, 5.74) is 1.56. The van der Waals surface area contributed by atoms with E-state index in [1.54, 1.807) is 33.3 Å². The predicted molar refractivity (Wildman–Crippen MR) is 99.1 cm³/mol. The van der Waals surface area contributed by atoms with Gasteiger partial charge in [0.2, 0.25) is 10.0 Å². The third-order valence-electron chi connectivity index (χ3n) is 3.58. The number of pyridine rings is 1. The Bertz CT molecular complexity index is 792. The Morgan fingerprint density at radius 2 is 1.84 bits per heavy atom. The zero-order chi connectivity index (χ0) is 18.3. The SMILES string of the molecule is CCS(=O)(=O)Nc1ccc(NCCc2ccc(OC)c(OC)c2)nc1. The lowest BCUT2D eigenvalue weighted by Crippen LogP contribution is -2.14. The molecule has 1 heterocycles. The van der Waals surface area contributed by atoms with E-state index in [-0.39, 0.29) is 5.75 Å². The van der Waals surface area contributed by atoms with E-state index in [0.29, 0.717) is 29.5 Å². The zero-order valence-electron chi connectivity index (χ0n) is 14.6. The molecule has 0 aliphatic rings. The van der Waals surface area contributed by atoms with E-state index in [4.69, 9.17) is 9.47 Å². The molecule has 0 bridgehead atoms. The van der Waals surface area contributed by atoms with E-state index >= 15 is 0 Å². The molecule has 0 spiro atoms. The molecule has 0 aliphatic heterocycles. The summed E-state index contributed by atoms with van der Waals surface area (Å²) in [4.78, 5) is 4.21. The molecule has 7 nitrogen and oxygen atoms in total. The topological polar surface area (TPSA) is 89.6 Å². The van der Waals surface area contributed by atoms with Gasteiger partial charge in [-0.1, -0.05) is 6.07 Å². The molecule has 136 valence electrons. The van der Waals surface area contributed by atoms with Gasteiger partial charge < -0.3 is 14.8 Å². The van der Waals surface area contributed by atoms with Gasteiger partial charge in [0, 0.05) is 6.54 Å². The Morgan fingerprint density at radius 1 is 1.08 bits per heavy atom. The first-order valence-corrected chi connectivity index (χ1v) is 9.54. The van der Waals surface area contributed by atoms with E-state index in [2.05, 4.69) is 15.0 Å². The van der Waals surface area contributed by atoms with Crippen LogP contribution in [0.25, 0.3) is 0 Å². The van der Waals surface area contributed by atoms with Crippen molar-refractivity contribution < 1.29 is 17.9 Å². The molecule has 2 N–H and O–H groups in total. The molecule has 0 atom stereocenters. The van der Waals surface area contributed by atoms with E-state index in [9.17, 15) is 8.42 Å². The van der Waals surface area contributed by atoms with Gasteiger partial charge >= 0.3 is 0 Å². The lowest BCUT2D eigenvalue weighted by atomic mass is 10.1. The van der Waals surface area contributed by atoms with Crippen molar-refractivity contribution in [3.63, 3.8) is 0 Å². The molecule has 0 saturated heterocycles. The highest BCUT2D eigenvalue weighted by atomic mass is 32.2. The third-order valence-corrected chi connectivity index (χ3v) is 4.89. The predicted octanol–water partition coefficient (Wildman–Crippen LogP) is 2.52. The summed E-state index contributed by atoms with van der Waals surface area (Å²) in [6.07, 6.45) is 2.28. The highest BCUT2D eigenvalue weighted by Gasteiger charge is 2.07. The van der Waals surface area contributed by atoms with Crippen LogP contribution in [0.3, 0.4) is 0 Å². The molecule has 1 aromatic carbocycles. The van der Waals surface area contributed by atoms with Gasteiger partial charge in [-0.2, -0.15) is 0 Å². The number of nitrogens with zero attached hydrogens (tertiary/aromatic N) is 1. The van der Waals surface area contributed by atoms with Crippen LogP contribution in [-0.2, 0) is 16.4 Å². The van der Waals surface area contributed by atoms with Crippen LogP contribution in [0.5, 0.6) is 11.5 Å². The number of rotatable bonds is 9. The molecular formula is C17H23N3O4S. The maximum Gasteiger partial charge on any atom is 0.232 e. The number of aromatic nitrogens is 1. The second kappa shape index (κ2) is 8.57. The maximum absolute atomic E-state index is 11.5. The van der Waals surface area contributed by atoms with Crippen LogP contribution < -0.4 is 19.5 Å². The standard InChI is InChI=1S/C17H23N3O4S/c1-4-25(21,22)20-14-6-8-17(19-12-14)18-10-9-13-5-7-15(23-2)16(11-13)24-3/h5-8,11-12,20H,4,9-10H2,1-3H3,(H,18,19). The minimum Gasteiger partial charge on any atom is -0.493 e. The molecule has 0 aliphatic carbocycles. The fraction of sp³-hybridized carbons (Fsp3) is 0.353. The number of methoxy groups -OCH3 is 2. The van der Waals surface area contributed by atoms with Gasteiger partial charge in [-0.25, -0.2) is 13.4 Å². The molecule has 0 radical (unpaired) electrons. The number of nitrogens with one attached hydrogen (secondary N) is 2. The van der Waals surface area contributed by atoms with E-state index in [0.717, 1.165) is 12.0 Å². The van der Waals surface area contributed by atoms with Crippen molar-refractivity contribution >= 4 is 21.5 Å². The second-order valence-corrected chi connectivity index (χ2v) is 7.31. The van der Waals surface area contributed by atoms with Gasteiger partial charge in [0.1, 0.15) is 5.82 Å². The maximum atomic E-state index is 11.5. The minimum atomic E-state index is -3.28. The summed E-state index contributed by atoms with van der Waals surface area (Å²) in [6, 6.07) is 9.22. The van der Waals surface area contributed by atoms with Gasteiger partial charge in [0.05, 0.1) is 31.9 Å². The first kappa shape index (κ1) is 18.9. The van der Waals surface area contributed by atoms with Crippen LogP contribution in [0, 0.1) is 0 Å². The minimum absolute atomic E-state index is 0.0261. The Balaban J connectivity index is 1.89. The van der Waals surface area contributed by atoms with E-state index in [1.807, 2.05) is 18.2 Å². The summed E-state index contributed by atoms with van der Waals surface area (Å²) >= 11 is 0. The highest BCUT2D eigenvalue weighted by Crippen LogP contribution is 2.27. The molecular weight excluding hydrogens is 342 g/mol. The highest BCUT2D eigenvalue weighted by molar-refractivity contribution is 7.92. The largest absolute Gasteiger partial charge is 0.493 e. The Hall–Kier alpha value is -2.48. The van der Waals surface area contributed by atoms with Gasteiger partial charge in [0.15, 0.2) is 11.5 Å². The van der Waals surface area contributed by atoms with Crippen molar-refractivity contribution in [2.24, 2.45) is 0 Å². The molecule has 0 unspecified atom stereocenters. The fourth-order valence-corrected chi connectivity index (χ4v) is 2.81. The Kier molecular flexibility index (Phi) is 6.46. The lowest BCUT2D eigenvalue weighted by Gasteiger charge is -2.11. The van der Waals surface area contributed by atoms with Crippen molar-refractivity contribution in [3.05, 3.63) is 42.1 Å². The van der Waals surface area contributed by atoms with Crippen molar-refractivity contribution in [3.8, 4) is 11.5 Å². The van der Waals surface area contributed by atoms with Crippen molar-refractivity contribution in [2.45, 2.75) is 13.3 Å². The van der Waals surface area contributed by atoms with Crippen LogP contribution in [0.2, 0.25) is 0 Å². The van der Waals surface area contributed by atoms with Crippen molar-refractivity contribution in [1.29, 1.82) is 0 Å². The second-order valence-electron chi connectivity index (χ2n) is 5.30. The molecule has 2 aromatic rings. The Morgan fingerprint density at radius 3 is 2.44 bits per heavy atom. The van der Waals surface area contributed by atoms with Crippen molar-refractivity contribution in [1.82, 2.24) is 4.98 Å². The summed E-state index contributed by atoms with van der Waals surface area (Å²) in [5.74, 6) is 2.11. The average Bonchev–Trinajstić information content (AvgIpc) is 2.62. The molecule has 0 amide bonds. The number of benzene rings is 1. The average molecular weight is 365 g/mol. The van der Waals surface area contributed by atoms with E-state index < -0.39 is 10.0 Å². The van der Waals surface area contributed by atoms with Crippen molar-refractivity contribution in [2.75, 3.05) is 36.6 Å². The quantitative estimate of drug-likeness (QED) is 0.710. The zero-order valence-corrected chi connectivity index (χ0v) is 15.4. The monoisotopic (exact) mass is 365 g/mol. The van der Waals surface area contributed by atoms with Crippen LogP contribution in [0.1, 0.15) is 12.5 Å². The van der Waals surface area contributed by atoms with Gasteiger partial charge in [-0.05, 0) is 43.2 Å². The Labute approximate surface area is 148 Å². The molecule has 8 heteroatoms. The summed E-state index contributed by atoms with van der Waals surface area (Å²) in [7, 11) is -0.0679. The summed E-state index contributed by atoms with van der Waals surface area (Å²) in [6.45, 7) is 2.27. The number of hydrogen-bond acceptors (Lipinski definition) is 6. The number of sulfonamides is 1.